The van der Waals surface area contributed by atoms with Crippen molar-refractivity contribution >= 4 is 39.2 Å². The van der Waals surface area contributed by atoms with Crippen LogP contribution in [0.5, 0.6) is 0 Å². The van der Waals surface area contributed by atoms with Gasteiger partial charge in [0.15, 0.2) is 0 Å². The van der Waals surface area contributed by atoms with Gasteiger partial charge in [-0.1, -0.05) is 12.6 Å². The number of nitrogens with one attached hydrogen (secondary N) is 2. The lowest BCUT2D eigenvalue weighted by Gasteiger charge is -2.34. The number of aryl methyl sites for hydroxylation is 1. The minimum atomic E-state index is -0.157. The summed E-state index contributed by atoms with van der Waals surface area (Å²) in [5, 5.41) is 6.05. The Balaban J connectivity index is 1.77. The second-order valence-corrected chi connectivity index (χ2v) is 7.41. The Labute approximate surface area is 166 Å². The smallest absolute Gasteiger partial charge is 0.274 e. The molecule has 0 aliphatic carbocycles. The van der Waals surface area contributed by atoms with E-state index in [1.165, 1.54) is 10.6 Å². The second-order valence-electron chi connectivity index (χ2n) is 6.49. The van der Waals surface area contributed by atoms with E-state index in [1.807, 2.05) is 18.2 Å². The monoisotopic (exact) mass is 431 g/mol. The molecule has 0 spiro atoms. The van der Waals surface area contributed by atoms with E-state index in [0.29, 0.717) is 18.1 Å². The quantitative estimate of drug-likeness (QED) is 0.711. The summed E-state index contributed by atoms with van der Waals surface area (Å²) >= 11 is 3.40. The van der Waals surface area contributed by atoms with Gasteiger partial charge in [-0.2, -0.15) is 0 Å². The number of aromatic nitrogens is 2. The number of carbonyl (C=O) groups excluding carboxylic acids is 1. The van der Waals surface area contributed by atoms with Crippen molar-refractivity contribution in [1.29, 1.82) is 0 Å². The van der Waals surface area contributed by atoms with Crippen LogP contribution in [0.2, 0.25) is 0 Å². The van der Waals surface area contributed by atoms with Crippen LogP contribution in [0.4, 0.5) is 17.3 Å². The molecule has 0 radical (unpaired) electrons. The third-order valence-electron chi connectivity index (χ3n) is 4.42. The lowest BCUT2D eigenvalue weighted by Crippen LogP contribution is -2.47. The van der Waals surface area contributed by atoms with Gasteiger partial charge in [-0.05, 0) is 53.0 Å². The molecule has 2 aromatic rings. The molecule has 7 nitrogen and oxygen atoms in total. The highest BCUT2D eigenvalue weighted by molar-refractivity contribution is 9.10. The molecule has 0 aromatic carbocycles. The van der Waals surface area contributed by atoms with Crippen LogP contribution in [-0.4, -0.2) is 34.6 Å². The molecule has 142 valence electrons. The maximum Gasteiger partial charge on any atom is 0.274 e. The Morgan fingerprint density at radius 3 is 3.04 bits per heavy atom. The fourth-order valence-corrected chi connectivity index (χ4v) is 3.67. The summed E-state index contributed by atoms with van der Waals surface area (Å²) < 4.78 is 2.31. The fourth-order valence-electron chi connectivity index (χ4n) is 3.13. The molecular formula is C19H22BrN5O2. The van der Waals surface area contributed by atoms with Crippen LogP contribution in [0.15, 0.2) is 52.4 Å². The molecule has 1 aliphatic rings. The summed E-state index contributed by atoms with van der Waals surface area (Å²) in [6.45, 7) is 5.06. The largest absolute Gasteiger partial charge is 0.354 e. The van der Waals surface area contributed by atoms with Crippen molar-refractivity contribution < 1.29 is 4.79 Å². The van der Waals surface area contributed by atoms with Crippen molar-refractivity contribution in [2.45, 2.75) is 18.9 Å². The number of halogens is 1. The summed E-state index contributed by atoms with van der Waals surface area (Å²) in [5.74, 6) is 1.25. The number of piperidine rings is 1. The Kier molecular flexibility index (Phi) is 5.95. The molecule has 2 aromatic heterocycles. The maximum absolute atomic E-state index is 12.3. The first-order chi connectivity index (χ1) is 13.0. The Hall–Kier alpha value is -2.61. The van der Waals surface area contributed by atoms with Crippen molar-refractivity contribution in [2.75, 3.05) is 23.3 Å². The van der Waals surface area contributed by atoms with Gasteiger partial charge in [0.25, 0.3) is 5.56 Å². The van der Waals surface area contributed by atoms with Crippen molar-refractivity contribution in [1.82, 2.24) is 14.9 Å². The van der Waals surface area contributed by atoms with Gasteiger partial charge >= 0.3 is 0 Å². The Bertz CT molecular complexity index is 911. The van der Waals surface area contributed by atoms with Crippen LogP contribution in [-0.2, 0) is 11.8 Å². The molecule has 0 bridgehead atoms. The van der Waals surface area contributed by atoms with E-state index in [2.05, 4.69) is 43.0 Å². The zero-order chi connectivity index (χ0) is 19.4. The average molecular weight is 432 g/mol. The first-order valence-corrected chi connectivity index (χ1v) is 9.53. The van der Waals surface area contributed by atoms with Gasteiger partial charge in [-0.15, -0.1) is 0 Å². The molecule has 0 unspecified atom stereocenters. The van der Waals surface area contributed by atoms with Gasteiger partial charge in [0.1, 0.15) is 17.3 Å². The van der Waals surface area contributed by atoms with Crippen molar-refractivity contribution in [2.24, 2.45) is 7.05 Å². The highest BCUT2D eigenvalue weighted by atomic mass is 79.9. The van der Waals surface area contributed by atoms with Gasteiger partial charge in [0.2, 0.25) is 5.91 Å². The van der Waals surface area contributed by atoms with Crippen LogP contribution in [0, 0.1) is 0 Å². The molecule has 1 fully saturated rings. The number of amides is 1. The van der Waals surface area contributed by atoms with Crippen molar-refractivity contribution in [3.05, 3.63) is 57.9 Å². The number of hydrogen-bond acceptors (Lipinski definition) is 5. The highest BCUT2D eigenvalue weighted by Crippen LogP contribution is 2.22. The van der Waals surface area contributed by atoms with E-state index in [0.717, 1.165) is 29.7 Å². The van der Waals surface area contributed by atoms with E-state index < -0.39 is 0 Å². The number of anilines is 3. The zero-order valence-electron chi connectivity index (χ0n) is 15.1. The molecule has 27 heavy (non-hydrogen) atoms. The minimum Gasteiger partial charge on any atom is -0.354 e. The maximum atomic E-state index is 12.3. The molecule has 8 heteroatoms. The predicted molar refractivity (Wildman–Crippen MR) is 110 cm³/mol. The highest BCUT2D eigenvalue weighted by Gasteiger charge is 2.22. The Morgan fingerprint density at radius 1 is 1.44 bits per heavy atom. The zero-order valence-corrected chi connectivity index (χ0v) is 16.7. The van der Waals surface area contributed by atoms with Crippen LogP contribution < -0.4 is 21.1 Å². The molecule has 3 rings (SSSR count). The lowest BCUT2D eigenvalue weighted by atomic mass is 10.1. The molecule has 1 aliphatic heterocycles. The molecule has 0 saturated carbocycles. The SMILES string of the molecule is C=CC(=O)N[C@H]1CCCN(c2cccc(Nc3cc(Br)cn(C)c3=O)n2)C1. The van der Waals surface area contributed by atoms with Crippen LogP contribution >= 0.6 is 15.9 Å². The fraction of sp³-hybridized carbons (Fsp3) is 0.316. The third kappa shape index (κ3) is 4.77. The van der Waals surface area contributed by atoms with Gasteiger partial charge in [-0.3, -0.25) is 9.59 Å². The number of pyridine rings is 2. The molecule has 3 heterocycles. The third-order valence-corrected chi connectivity index (χ3v) is 4.86. The summed E-state index contributed by atoms with van der Waals surface area (Å²) in [6.07, 6.45) is 4.90. The molecular weight excluding hydrogens is 410 g/mol. The van der Waals surface area contributed by atoms with E-state index in [4.69, 9.17) is 0 Å². The number of nitrogens with zero attached hydrogens (tertiary/aromatic N) is 3. The van der Waals surface area contributed by atoms with E-state index in [1.54, 1.807) is 19.3 Å². The van der Waals surface area contributed by atoms with Gasteiger partial charge in [0, 0.05) is 36.8 Å². The lowest BCUT2D eigenvalue weighted by molar-refractivity contribution is -0.117. The summed E-state index contributed by atoms with van der Waals surface area (Å²) in [6, 6.07) is 7.46. The standard InChI is InChI=1S/C19H22BrN5O2/c1-3-18(26)21-14-6-5-9-25(12-14)17-8-4-7-16(23-17)22-15-10-13(20)11-24(2)19(15)27/h3-4,7-8,10-11,14H,1,5-6,9,12H2,2H3,(H,21,26)(H,22,23)/t14-/m0/s1. The molecule has 1 saturated heterocycles. The van der Waals surface area contributed by atoms with E-state index in [-0.39, 0.29) is 17.5 Å². The topological polar surface area (TPSA) is 79.3 Å². The number of rotatable bonds is 5. The van der Waals surface area contributed by atoms with Crippen molar-refractivity contribution in [3.63, 3.8) is 0 Å². The van der Waals surface area contributed by atoms with Gasteiger partial charge in [-0.25, -0.2) is 4.98 Å². The average Bonchev–Trinajstić information content (AvgIpc) is 2.66. The Morgan fingerprint density at radius 2 is 2.26 bits per heavy atom. The number of hydrogen-bond donors (Lipinski definition) is 2. The summed E-state index contributed by atoms with van der Waals surface area (Å²) in [7, 11) is 1.70. The van der Waals surface area contributed by atoms with Crippen LogP contribution in [0.3, 0.4) is 0 Å². The molecule has 1 atom stereocenters. The van der Waals surface area contributed by atoms with Crippen molar-refractivity contribution in [3.8, 4) is 0 Å². The van der Waals surface area contributed by atoms with Crippen LogP contribution in [0.1, 0.15) is 12.8 Å². The normalized spacial score (nSPS) is 16.7. The van der Waals surface area contributed by atoms with E-state index in [9.17, 15) is 9.59 Å². The summed E-state index contributed by atoms with van der Waals surface area (Å²) in [4.78, 5) is 30.6. The van der Waals surface area contributed by atoms with E-state index >= 15 is 0 Å². The van der Waals surface area contributed by atoms with Gasteiger partial charge < -0.3 is 20.1 Å². The molecule has 1 amide bonds. The van der Waals surface area contributed by atoms with Crippen LogP contribution in [0.25, 0.3) is 0 Å². The number of carbonyl (C=O) groups is 1. The second kappa shape index (κ2) is 8.39. The first-order valence-electron chi connectivity index (χ1n) is 8.74. The molecule has 2 N–H and O–H groups in total. The summed E-state index contributed by atoms with van der Waals surface area (Å²) in [5.41, 5.74) is 0.321. The predicted octanol–water partition coefficient (Wildman–Crippen LogP) is 2.56. The first kappa shape index (κ1) is 19.2. The van der Waals surface area contributed by atoms with Gasteiger partial charge in [0.05, 0.1) is 0 Å². The minimum absolute atomic E-state index is 0.0695.